The Kier molecular flexibility index (Phi) is 5.22. The average Bonchev–Trinajstić information content (AvgIpc) is 3.07. The van der Waals surface area contributed by atoms with Crippen molar-refractivity contribution in [1.29, 1.82) is 0 Å². The summed E-state index contributed by atoms with van der Waals surface area (Å²) in [7, 11) is 0. The van der Waals surface area contributed by atoms with Crippen molar-refractivity contribution < 1.29 is 9.26 Å². The third kappa shape index (κ3) is 3.41. The molecule has 0 aliphatic heterocycles. The molecule has 2 aromatic rings. The molecule has 2 N–H and O–H groups in total. The van der Waals surface area contributed by atoms with Gasteiger partial charge in [-0.1, -0.05) is 18.5 Å². The third-order valence-corrected chi connectivity index (χ3v) is 3.82. The second kappa shape index (κ2) is 6.92. The monoisotopic (exact) mass is 296 g/mol. The van der Waals surface area contributed by atoms with Gasteiger partial charge in [-0.25, -0.2) is 4.98 Å². The Balaban J connectivity index is 2.18. The van der Waals surface area contributed by atoms with Crippen molar-refractivity contribution in [2.75, 3.05) is 6.61 Å². The maximum Gasteiger partial charge on any atom is 0.277 e. The first-order valence-electron chi connectivity index (χ1n) is 6.82. The Bertz CT molecular complexity index is 532. The van der Waals surface area contributed by atoms with E-state index in [1.807, 2.05) is 19.2 Å². The van der Waals surface area contributed by atoms with E-state index < -0.39 is 0 Å². The molecule has 0 amide bonds. The predicted molar refractivity (Wildman–Crippen MR) is 77.3 cm³/mol. The van der Waals surface area contributed by atoms with E-state index >= 15 is 0 Å². The minimum atomic E-state index is -0.117. The quantitative estimate of drug-likeness (QED) is 0.844. The van der Waals surface area contributed by atoms with Crippen molar-refractivity contribution in [2.24, 2.45) is 5.73 Å². The van der Waals surface area contributed by atoms with Crippen LogP contribution < -0.4 is 5.73 Å². The van der Waals surface area contributed by atoms with E-state index in [0.29, 0.717) is 24.0 Å². The highest BCUT2D eigenvalue weighted by molar-refractivity contribution is 7.10. The van der Waals surface area contributed by atoms with E-state index in [0.717, 1.165) is 17.8 Å². The summed E-state index contributed by atoms with van der Waals surface area (Å²) in [5.74, 6) is 1.00. The number of thiazole rings is 1. The minimum Gasteiger partial charge on any atom is -0.370 e. The first kappa shape index (κ1) is 15.1. The average molecular weight is 296 g/mol. The molecule has 0 spiro atoms. The van der Waals surface area contributed by atoms with Crippen LogP contribution in [0.4, 0.5) is 0 Å². The van der Waals surface area contributed by atoms with Crippen LogP contribution in [0.1, 0.15) is 56.6 Å². The molecule has 0 saturated carbocycles. The molecular formula is C13H20N4O2S. The summed E-state index contributed by atoms with van der Waals surface area (Å²) >= 11 is 1.50. The summed E-state index contributed by atoms with van der Waals surface area (Å²) in [4.78, 5) is 8.79. The highest BCUT2D eigenvalue weighted by Gasteiger charge is 2.20. The molecule has 2 unspecified atom stereocenters. The molecule has 0 fully saturated rings. The molecule has 2 atom stereocenters. The highest BCUT2D eigenvalue weighted by Crippen LogP contribution is 2.26. The number of hydrogen-bond acceptors (Lipinski definition) is 7. The lowest BCUT2D eigenvalue weighted by molar-refractivity contribution is 0.0478. The van der Waals surface area contributed by atoms with E-state index in [4.69, 9.17) is 15.0 Å². The summed E-state index contributed by atoms with van der Waals surface area (Å²) in [5, 5.41) is 6.74. The number of hydrogen-bond donors (Lipinski definition) is 1. The van der Waals surface area contributed by atoms with E-state index in [2.05, 4.69) is 22.0 Å². The SMILES string of the molecule is CCCC(OCC)c1noc(-c2csc(C(C)N)n2)n1. The van der Waals surface area contributed by atoms with Crippen LogP contribution in [0, 0.1) is 0 Å². The number of ether oxygens (including phenoxy) is 1. The Morgan fingerprint density at radius 1 is 1.40 bits per heavy atom. The molecule has 6 nitrogen and oxygen atoms in total. The van der Waals surface area contributed by atoms with Gasteiger partial charge in [0.05, 0.1) is 6.04 Å². The molecular weight excluding hydrogens is 276 g/mol. The van der Waals surface area contributed by atoms with Crippen LogP contribution in [0.15, 0.2) is 9.90 Å². The molecule has 2 rings (SSSR count). The Labute approximate surface area is 122 Å². The van der Waals surface area contributed by atoms with Gasteiger partial charge in [0.25, 0.3) is 5.89 Å². The maximum atomic E-state index is 5.80. The van der Waals surface area contributed by atoms with E-state index in [9.17, 15) is 0 Å². The number of nitrogens with zero attached hydrogens (tertiary/aromatic N) is 3. The normalized spacial score (nSPS) is 14.4. The predicted octanol–water partition coefficient (Wildman–Crippen LogP) is 3.09. The lowest BCUT2D eigenvalue weighted by atomic mass is 10.2. The number of aromatic nitrogens is 3. The molecule has 0 saturated heterocycles. The van der Waals surface area contributed by atoms with E-state index in [-0.39, 0.29) is 12.1 Å². The van der Waals surface area contributed by atoms with Gasteiger partial charge in [0.1, 0.15) is 16.8 Å². The summed E-state index contributed by atoms with van der Waals surface area (Å²) in [5.41, 5.74) is 6.47. The van der Waals surface area contributed by atoms with Crippen molar-refractivity contribution in [3.63, 3.8) is 0 Å². The van der Waals surface area contributed by atoms with Crippen LogP contribution in [0.2, 0.25) is 0 Å². The Morgan fingerprint density at radius 2 is 2.20 bits per heavy atom. The molecule has 0 bridgehead atoms. The fraction of sp³-hybridized carbons (Fsp3) is 0.615. The number of nitrogens with two attached hydrogens (primary N) is 1. The van der Waals surface area contributed by atoms with E-state index in [1.54, 1.807) is 0 Å². The topological polar surface area (TPSA) is 87.1 Å². The van der Waals surface area contributed by atoms with Crippen molar-refractivity contribution in [3.8, 4) is 11.6 Å². The van der Waals surface area contributed by atoms with Gasteiger partial charge < -0.3 is 15.0 Å². The second-order valence-electron chi connectivity index (χ2n) is 4.55. The first-order chi connectivity index (χ1) is 9.65. The molecule has 2 heterocycles. The molecule has 0 aromatic carbocycles. The second-order valence-corrected chi connectivity index (χ2v) is 5.44. The largest absolute Gasteiger partial charge is 0.370 e. The Hall–Kier alpha value is -1.31. The molecule has 0 radical (unpaired) electrons. The summed E-state index contributed by atoms with van der Waals surface area (Å²) in [6.07, 6.45) is 1.75. The number of rotatable bonds is 7. The van der Waals surface area contributed by atoms with Gasteiger partial charge in [-0.2, -0.15) is 4.98 Å². The smallest absolute Gasteiger partial charge is 0.277 e. The summed E-state index contributed by atoms with van der Waals surface area (Å²) in [6.45, 7) is 6.58. The molecule has 0 aliphatic rings. The van der Waals surface area contributed by atoms with Gasteiger partial charge in [0.2, 0.25) is 5.82 Å². The van der Waals surface area contributed by atoms with Gasteiger partial charge in [-0.3, -0.25) is 0 Å². The maximum absolute atomic E-state index is 5.80. The fourth-order valence-electron chi connectivity index (χ4n) is 1.82. The molecule has 7 heteroatoms. The zero-order valence-corrected chi connectivity index (χ0v) is 12.8. The van der Waals surface area contributed by atoms with Gasteiger partial charge in [-0.15, -0.1) is 11.3 Å². The molecule has 2 aromatic heterocycles. The molecule has 0 aliphatic carbocycles. The van der Waals surface area contributed by atoms with Gasteiger partial charge >= 0.3 is 0 Å². The fourth-order valence-corrected chi connectivity index (χ4v) is 2.57. The van der Waals surface area contributed by atoms with Crippen LogP contribution in [-0.2, 0) is 4.74 Å². The van der Waals surface area contributed by atoms with Crippen molar-refractivity contribution in [1.82, 2.24) is 15.1 Å². The highest BCUT2D eigenvalue weighted by atomic mass is 32.1. The van der Waals surface area contributed by atoms with Crippen LogP contribution >= 0.6 is 11.3 Å². The van der Waals surface area contributed by atoms with Crippen LogP contribution in [0.3, 0.4) is 0 Å². The lowest BCUT2D eigenvalue weighted by Gasteiger charge is -2.10. The van der Waals surface area contributed by atoms with Crippen LogP contribution in [-0.4, -0.2) is 21.7 Å². The van der Waals surface area contributed by atoms with Crippen molar-refractivity contribution in [3.05, 3.63) is 16.2 Å². The lowest BCUT2D eigenvalue weighted by Crippen LogP contribution is -2.06. The minimum absolute atomic E-state index is 0.0904. The zero-order chi connectivity index (χ0) is 14.5. The van der Waals surface area contributed by atoms with Gasteiger partial charge in [-0.05, 0) is 20.3 Å². The van der Waals surface area contributed by atoms with E-state index in [1.165, 1.54) is 11.3 Å². The Morgan fingerprint density at radius 3 is 2.80 bits per heavy atom. The van der Waals surface area contributed by atoms with Crippen LogP contribution in [0.5, 0.6) is 0 Å². The summed E-state index contributed by atoms with van der Waals surface area (Å²) in [6, 6.07) is -0.0904. The zero-order valence-electron chi connectivity index (χ0n) is 12.0. The molecule has 110 valence electrons. The standard InChI is InChI=1S/C13H20N4O2S/c1-4-6-10(18-5-2)11-16-12(19-17-11)9-7-20-13(15-9)8(3)14/h7-8,10H,4-6,14H2,1-3H3. The van der Waals surface area contributed by atoms with Gasteiger partial charge in [0.15, 0.2) is 0 Å². The first-order valence-corrected chi connectivity index (χ1v) is 7.70. The van der Waals surface area contributed by atoms with Crippen molar-refractivity contribution >= 4 is 11.3 Å². The van der Waals surface area contributed by atoms with Crippen LogP contribution in [0.25, 0.3) is 11.6 Å². The van der Waals surface area contributed by atoms with Crippen molar-refractivity contribution in [2.45, 2.75) is 45.8 Å². The molecule has 20 heavy (non-hydrogen) atoms. The van der Waals surface area contributed by atoms with Gasteiger partial charge in [0, 0.05) is 12.0 Å². The third-order valence-electron chi connectivity index (χ3n) is 2.78. The summed E-state index contributed by atoms with van der Waals surface area (Å²) < 4.78 is 10.9.